The van der Waals surface area contributed by atoms with Crippen molar-refractivity contribution in [3.8, 4) is 0 Å². The molecule has 0 radical (unpaired) electrons. The summed E-state index contributed by atoms with van der Waals surface area (Å²) in [5, 5.41) is 3.65. The highest BCUT2D eigenvalue weighted by atomic mass is 79.9. The molecule has 1 aliphatic rings. The van der Waals surface area contributed by atoms with E-state index in [4.69, 9.17) is 0 Å². The normalized spacial score (nSPS) is 14.7. The summed E-state index contributed by atoms with van der Waals surface area (Å²) in [6.07, 6.45) is 5.21. The fraction of sp³-hybridized carbons (Fsp3) is 0.667. The van der Waals surface area contributed by atoms with Crippen LogP contribution in [0.4, 0.5) is 5.69 Å². The zero-order chi connectivity index (χ0) is 15.2. The van der Waals surface area contributed by atoms with Gasteiger partial charge in [-0.3, -0.25) is 0 Å². The van der Waals surface area contributed by atoms with Crippen LogP contribution in [0.5, 0.6) is 0 Å². The third kappa shape index (κ3) is 5.00. The van der Waals surface area contributed by atoms with Crippen LogP contribution in [0.25, 0.3) is 0 Å². The molecule has 1 saturated carbocycles. The summed E-state index contributed by atoms with van der Waals surface area (Å²) in [4.78, 5) is 2.55. The summed E-state index contributed by atoms with van der Waals surface area (Å²) >= 11 is 3.64. The van der Waals surface area contributed by atoms with E-state index in [0.29, 0.717) is 0 Å². The Labute approximate surface area is 138 Å². The molecule has 1 aliphatic carbocycles. The molecule has 1 aromatic carbocycles. The molecule has 0 saturated heterocycles. The predicted molar refractivity (Wildman–Crippen MR) is 96.0 cm³/mol. The standard InChI is InChI=1S/C18H29BrN2/c1-4-14(5-2)13-21(6-3)18-11-16(19)8-7-15(18)12-20-17-9-10-17/h7-8,11,14,17,20H,4-6,9-10,12-13H2,1-3H3. The maximum Gasteiger partial charge on any atom is 0.0423 e. The topological polar surface area (TPSA) is 15.3 Å². The van der Waals surface area contributed by atoms with E-state index in [1.165, 1.54) is 41.4 Å². The molecule has 0 heterocycles. The lowest BCUT2D eigenvalue weighted by molar-refractivity contribution is 0.485. The van der Waals surface area contributed by atoms with Crippen molar-refractivity contribution in [2.45, 2.75) is 59.0 Å². The summed E-state index contributed by atoms with van der Waals surface area (Å²) in [5.74, 6) is 0.785. The molecule has 0 bridgehead atoms. The van der Waals surface area contributed by atoms with Crippen molar-refractivity contribution in [3.05, 3.63) is 28.2 Å². The van der Waals surface area contributed by atoms with Gasteiger partial charge in [0, 0.05) is 35.8 Å². The van der Waals surface area contributed by atoms with Crippen molar-refractivity contribution < 1.29 is 0 Å². The minimum Gasteiger partial charge on any atom is -0.371 e. The van der Waals surface area contributed by atoms with E-state index in [1.54, 1.807) is 0 Å². The van der Waals surface area contributed by atoms with Crippen LogP contribution in [-0.2, 0) is 6.54 Å². The molecular formula is C18H29BrN2. The van der Waals surface area contributed by atoms with Gasteiger partial charge in [0.1, 0.15) is 0 Å². The van der Waals surface area contributed by atoms with Gasteiger partial charge >= 0.3 is 0 Å². The van der Waals surface area contributed by atoms with Gasteiger partial charge in [0.15, 0.2) is 0 Å². The third-order valence-electron chi connectivity index (χ3n) is 4.56. The van der Waals surface area contributed by atoms with Crippen molar-refractivity contribution >= 4 is 21.6 Å². The Morgan fingerprint density at radius 1 is 1.24 bits per heavy atom. The van der Waals surface area contributed by atoms with Crippen LogP contribution >= 0.6 is 15.9 Å². The molecule has 0 aliphatic heterocycles. The molecule has 1 N–H and O–H groups in total. The van der Waals surface area contributed by atoms with E-state index >= 15 is 0 Å². The fourth-order valence-electron chi connectivity index (χ4n) is 2.78. The molecular weight excluding hydrogens is 324 g/mol. The lowest BCUT2D eigenvalue weighted by Gasteiger charge is -2.29. The molecule has 1 fully saturated rings. The smallest absolute Gasteiger partial charge is 0.0423 e. The highest BCUT2D eigenvalue weighted by Gasteiger charge is 2.21. The SMILES string of the molecule is CCC(CC)CN(CC)c1cc(Br)ccc1CNC1CC1. The van der Waals surface area contributed by atoms with Gasteiger partial charge in [-0.05, 0) is 43.4 Å². The molecule has 0 spiro atoms. The van der Waals surface area contributed by atoms with Gasteiger partial charge in [0.25, 0.3) is 0 Å². The number of nitrogens with zero attached hydrogens (tertiary/aromatic N) is 1. The van der Waals surface area contributed by atoms with E-state index in [9.17, 15) is 0 Å². The molecule has 0 atom stereocenters. The zero-order valence-electron chi connectivity index (χ0n) is 13.7. The molecule has 0 amide bonds. The summed E-state index contributed by atoms with van der Waals surface area (Å²) in [5.41, 5.74) is 2.82. The van der Waals surface area contributed by atoms with E-state index in [1.807, 2.05) is 0 Å². The van der Waals surface area contributed by atoms with Crippen LogP contribution < -0.4 is 10.2 Å². The molecule has 0 aromatic heterocycles. The van der Waals surface area contributed by atoms with Gasteiger partial charge in [-0.25, -0.2) is 0 Å². The Kier molecular flexibility index (Phi) is 6.56. The Hall–Kier alpha value is -0.540. The Morgan fingerprint density at radius 2 is 1.95 bits per heavy atom. The summed E-state index contributed by atoms with van der Waals surface area (Å²) in [6, 6.07) is 7.48. The van der Waals surface area contributed by atoms with E-state index < -0.39 is 0 Å². The van der Waals surface area contributed by atoms with E-state index in [0.717, 1.165) is 31.6 Å². The van der Waals surface area contributed by atoms with Gasteiger partial charge in [-0.1, -0.05) is 48.7 Å². The summed E-state index contributed by atoms with van der Waals surface area (Å²) in [7, 11) is 0. The average molecular weight is 353 g/mol. The van der Waals surface area contributed by atoms with Crippen molar-refractivity contribution in [1.82, 2.24) is 5.32 Å². The minimum absolute atomic E-state index is 0.760. The van der Waals surface area contributed by atoms with Gasteiger partial charge in [-0.2, -0.15) is 0 Å². The number of hydrogen-bond acceptors (Lipinski definition) is 2. The number of rotatable bonds is 9. The molecule has 118 valence electrons. The van der Waals surface area contributed by atoms with E-state index in [2.05, 4.69) is 65.1 Å². The second-order valence-corrected chi connectivity index (χ2v) is 7.07. The second-order valence-electron chi connectivity index (χ2n) is 6.15. The largest absolute Gasteiger partial charge is 0.371 e. The summed E-state index contributed by atoms with van der Waals surface area (Å²) < 4.78 is 1.18. The van der Waals surface area contributed by atoms with Gasteiger partial charge in [0.05, 0.1) is 0 Å². The fourth-order valence-corrected chi connectivity index (χ4v) is 3.13. The van der Waals surface area contributed by atoms with Crippen LogP contribution in [0.3, 0.4) is 0 Å². The summed E-state index contributed by atoms with van der Waals surface area (Å²) in [6.45, 7) is 10.1. The van der Waals surface area contributed by atoms with Gasteiger partial charge < -0.3 is 10.2 Å². The molecule has 2 nitrogen and oxygen atoms in total. The lowest BCUT2D eigenvalue weighted by atomic mass is 10.0. The van der Waals surface area contributed by atoms with Crippen LogP contribution in [0, 0.1) is 5.92 Å². The number of anilines is 1. The van der Waals surface area contributed by atoms with Crippen LogP contribution in [0.15, 0.2) is 22.7 Å². The van der Waals surface area contributed by atoms with Crippen molar-refractivity contribution in [3.63, 3.8) is 0 Å². The third-order valence-corrected chi connectivity index (χ3v) is 5.05. The second kappa shape index (κ2) is 8.19. The number of nitrogens with one attached hydrogen (secondary N) is 1. The van der Waals surface area contributed by atoms with Crippen LogP contribution in [-0.4, -0.2) is 19.1 Å². The van der Waals surface area contributed by atoms with Gasteiger partial charge in [-0.15, -0.1) is 0 Å². The quantitative estimate of drug-likeness (QED) is 0.675. The first-order valence-electron chi connectivity index (χ1n) is 8.44. The number of hydrogen-bond donors (Lipinski definition) is 1. The first-order chi connectivity index (χ1) is 10.2. The Morgan fingerprint density at radius 3 is 2.52 bits per heavy atom. The zero-order valence-corrected chi connectivity index (χ0v) is 15.2. The van der Waals surface area contributed by atoms with Crippen molar-refractivity contribution in [1.29, 1.82) is 0 Å². The molecule has 21 heavy (non-hydrogen) atoms. The van der Waals surface area contributed by atoms with Crippen molar-refractivity contribution in [2.24, 2.45) is 5.92 Å². The number of halogens is 1. The molecule has 1 aromatic rings. The Balaban J connectivity index is 2.14. The maximum absolute atomic E-state index is 3.65. The molecule has 3 heteroatoms. The van der Waals surface area contributed by atoms with Gasteiger partial charge in [0.2, 0.25) is 0 Å². The van der Waals surface area contributed by atoms with Crippen LogP contribution in [0.2, 0.25) is 0 Å². The maximum atomic E-state index is 3.65. The first-order valence-corrected chi connectivity index (χ1v) is 9.23. The minimum atomic E-state index is 0.760. The molecule has 2 rings (SSSR count). The number of benzene rings is 1. The Bertz CT molecular complexity index is 439. The highest BCUT2D eigenvalue weighted by molar-refractivity contribution is 9.10. The first kappa shape index (κ1) is 16.8. The monoisotopic (exact) mass is 352 g/mol. The highest BCUT2D eigenvalue weighted by Crippen LogP contribution is 2.28. The molecule has 0 unspecified atom stereocenters. The lowest BCUT2D eigenvalue weighted by Crippen LogP contribution is -2.30. The average Bonchev–Trinajstić information content (AvgIpc) is 3.32. The predicted octanol–water partition coefficient (Wildman–Crippen LogP) is 4.96. The van der Waals surface area contributed by atoms with E-state index in [-0.39, 0.29) is 0 Å². The van der Waals surface area contributed by atoms with Crippen molar-refractivity contribution in [2.75, 3.05) is 18.0 Å². The van der Waals surface area contributed by atoms with Crippen LogP contribution in [0.1, 0.15) is 52.0 Å².